The summed E-state index contributed by atoms with van der Waals surface area (Å²) in [5, 5.41) is 4.30. The molecular formula is C10H16N6. The highest BCUT2D eigenvalue weighted by atomic mass is 15.3. The van der Waals surface area contributed by atoms with E-state index in [1.807, 2.05) is 36.8 Å². The van der Waals surface area contributed by atoms with Gasteiger partial charge >= 0.3 is 0 Å². The molecule has 86 valence electrons. The molecule has 0 saturated heterocycles. The zero-order chi connectivity index (χ0) is 11.7. The van der Waals surface area contributed by atoms with Crippen molar-refractivity contribution in [3.8, 4) is 0 Å². The summed E-state index contributed by atoms with van der Waals surface area (Å²) in [5.41, 5.74) is 6.54. The Labute approximate surface area is 94.3 Å². The largest absolute Gasteiger partial charge is 0.394 e. The predicted molar refractivity (Wildman–Crippen MR) is 62.9 cm³/mol. The van der Waals surface area contributed by atoms with Crippen LogP contribution in [0.3, 0.4) is 0 Å². The summed E-state index contributed by atoms with van der Waals surface area (Å²) in [6.45, 7) is 0.685. The molecule has 2 aromatic heterocycles. The molecule has 0 aliphatic rings. The van der Waals surface area contributed by atoms with Crippen molar-refractivity contribution in [3.05, 3.63) is 24.4 Å². The van der Waals surface area contributed by atoms with E-state index in [2.05, 4.69) is 10.1 Å². The summed E-state index contributed by atoms with van der Waals surface area (Å²) in [6, 6.07) is 0. The number of imidazole rings is 1. The Kier molecular flexibility index (Phi) is 2.55. The van der Waals surface area contributed by atoms with E-state index < -0.39 is 0 Å². The molecule has 6 nitrogen and oxygen atoms in total. The van der Waals surface area contributed by atoms with Crippen LogP contribution < -0.4 is 10.6 Å². The SMILES string of the molecule is CN(Cc1nccn1C)c1nn(C)cc1N. The number of hydrogen-bond donors (Lipinski definition) is 1. The number of nitrogens with two attached hydrogens (primary N) is 1. The molecule has 16 heavy (non-hydrogen) atoms. The highest BCUT2D eigenvalue weighted by molar-refractivity contribution is 5.61. The van der Waals surface area contributed by atoms with Gasteiger partial charge < -0.3 is 15.2 Å². The summed E-state index contributed by atoms with van der Waals surface area (Å²) in [6.07, 6.45) is 5.50. The Morgan fingerprint density at radius 3 is 2.69 bits per heavy atom. The van der Waals surface area contributed by atoms with Crippen molar-refractivity contribution in [1.82, 2.24) is 19.3 Å². The van der Waals surface area contributed by atoms with E-state index in [1.54, 1.807) is 17.1 Å². The van der Waals surface area contributed by atoms with E-state index >= 15 is 0 Å². The third-order valence-electron chi connectivity index (χ3n) is 2.50. The molecule has 2 rings (SSSR count). The second kappa shape index (κ2) is 3.88. The lowest BCUT2D eigenvalue weighted by Crippen LogP contribution is -2.20. The first kappa shape index (κ1) is 10.5. The van der Waals surface area contributed by atoms with Crippen molar-refractivity contribution in [2.45, 2.75) is 6.54 Å². The molecule has 0 amide bonds. The first-order chi connectivity index (χ1) is 7.58. The molecule has 2 heterocycles. The highest BCUT2D eigenvalue weighted by Crippen LogP contribution is 2.19. The Morgan fingerprint density at radius 1 is 1.44 bits per heavy atom. The maximum Gasteiger partial charge on any atom is 0.174 e. The summed E-state index contributed by atoms with van der Waals surface area (Å²) in [7, 11) is 5.78. The van der Waals surface area contributed by atoms with E-state index in [0.717, 1.165) is 11.6 Å². The predicted octanol–water partition coefficient (Wildman–Crippen LogP) is 0.372. The summed E-state index contributed by atoms with van der Waals surface area (Å²) < 4.78 is 3.69. The zero-order valence-electron chi connectivity index (χ0n) is 9.75. The quantitative estimate of drug-likeness (QED) is 0.811. The van der Waals surface area contributed by atoms with Crippen molar-refractivity contribution >= 4 is 11.5 Å². The third-order valence-corrected chi connectivity index (χ3v) is 2.50. The normalized spacial score (nSPS) is 10.7. The molecule has 0 saturated carbocycles. The Balaban J connectivity index is 2.17. The Bertz CT molecular complexity index is 483. The second-order valence-corrected chi connectivity index (χ2v) is 3.89. The van der Waals surface area contributed by atoms with Crippen LogP contribution >= 0.6 is 0 Å². The van der Waals surface area contributed by atoms with Crippen LogP contribution in [0.25, 0.3) is 0 Å². The van der Waals surface area contributed by atoms with Gasteiger partial charge in [0.2, 0.25) is 0 Å². The molecular weight excluding hydrogens is 204 g/mol. The van der Waals surface area contributed by atoms with E-state index in [-0.39, 0.29) is 0 Å². The molecule has 0 bridgehead atoms. The van der Waals surface area contributed by atoms with Gasteiger partial charge in [-0.05, 0) is 0 Å². The standard InChI is InChI=1S/C10H16N6/c1-14-5-4-12-9(14)7-15(2)10-8(11)6-16(3)13-10/h4-6H,7,11H2,1-3H3. The molecule has 0 atom stereocenters. The molecule has 0 aromatic carbocycles. The lowest BCUT2D eigenvalue weighted by atomic mass is 10.4. The van der Waals surface area contributed by atoms with Crippen molar-refractivity contribution in [1.29, 1.82) is 0 Å². The average molecular weight is 220 g/mol. The van der Waals surface area contributed by atoms with Gasteiger partial charge in [0.15, 0.2) is 5.82 Å². The van der Waals surface area contributed by atoms with Gasteiger partial charge in [-0.2, -0.15) is 5.10 Å². The first-order valence-electron chi connectivity index (χ1n) is 5.04. The fourth-order valence-corrected chi connectivity index (χ4v) is 1.63. The maximum absolute atomic E-state index is 5.86. The average Bonchev–Trinajstić information content (AvgIpc) is 2.74. The third kappa shape index (κ3) is 1.86. The van der Waals surface area contributed by atoms with Gasteiger partial charge in [-0.15, -0.1) is 0 Å². The smallest absolute Gasteiger partial charge is 0.174 e. The molecule has 2 aromatic rings. The van der Waals surface area contributed by atoms with Crippen LogP contribution in [0.15, 0.2) is 18.6 Å². The zero-order valence-corrected chi connectivity index (χ0v) is 9.75. The van der Waals surface area contributed by atoms with Crippen LogP contribution in [-0.2, 0) is 20.6 Å². The molecule has 0 unspecified atom stereocenters. The topological polar surface area (TPSA) is 64.9 Å². The van der Waals surface area contributed by atoms with Gasteiger partial charge in [0.25, 0.3) is 0 Å². The van der Waals surface area contributed by atoms with Gasteiger partial charge in [-0.1, -0.05) is 0 Å². The van der Waals surface area contributed by atoms with Crippen LogP contribution in [0, 0.1) is 0 Å². The minimum Gasteiger partial charge on any atom is -0.394 e. The molecule has 0 radical (unpaired) electrons. The van der Waals surface area contributed by atoms with Crippen LogP contribution in [-0.4, -0.2) is 26.4 Å². The van der Waals surface area contributed by atoms with Crippen LogP contribution in [0.5, 0.6) is 0 Å². The number of hydrogen-bond acceptors (Lipinski definition) is 4. The number of nitrogens with zero attached hydrogens (tertiary/aromatic N) is 5. The van der Waals surface area contributed by atoms with Gasteiger partial charge in [-0.3, -0.25) is 4.68 Å². The molecule has 0 fully saturated rings. The molecule has 0 spiro atoms. The van der Waals surface area contributed by atoms with Crippen LogP contribution in [0.4, 0.5) is 11.5 Å². The lowest BCUT2D eigenvalue weighted by molar-refractivity contribution is 0.726. The van der Waals surface area contributed by atoms with E-state index in [0.29, 0.717) is 12.2 Å². The lowest BCUT2D eigenvalue weighted by Gasteiger charge is -2.16. The number of anilines is 2. The van der Waals surface area contributed by atoms with Gasteiger partial charge in [0, 0.05) is 39.7 Å². The van der Waals surface area contributed by atoms with Crippen molar-refractivity contribution in [2.24, 2.45) is 14.1 Å². The Morgan fingerprint density at radius 2 is 2.19 bits per heavy atom. The van der Waals surface area contributed by atoms with Crippen LogP contribution in [0.1, 0.15) is 5.82 Å². The van der Waals surface area contributed by atoms with Gasteiger partial charge in [0.1, 0.15) is 5.82 Å². The minimum atomic E-state index is 0.680. The fraction of sp³-hybridized carbons (Fsp3) is 0.400. The highest BCUT2D eigenvalue weighted by Gasteiger charge is 2.11. The van der Waals surface area contributed by atoms with Crippen molar-refractivity contribution in [2.75, 3.05) is 17.7 Å². The number of aryl methyl sites for hydroxylation is 2. The van der Waals surface area contributed by atoms with E-state index in [9.17, 15) is 0 Å². The molecule has 0 aliphatic heterocycles. The summed E-state index contributed by atoms with van der Waals surface area (Å²) >= 11 is 0. The Hall–Kier alpha value is -1.98. The van der Waals surface area contributed by atoms with Crippen LogP contribution in [0.2, 0.25) is 0 Å². The van der Waals surface area contributed by atoms with Crippen molar-refractivity contribution < 1.29 is 0 Å². The van der Waals surface area contributed by atoms with E-state index in [1.165, 1.54) is 0 Å². The molecule has 2 N–H and O–H groups in total. The summed E-state index contributed by atoms with van der Waals surface area (Å²) in [4.78, 5) is 6.25. The second-order valence-electron chi connectivity index (χ2n) is 3.89. The molecule has 0 aliphatic carbocycles. The summed E-state index contributed by atoms with van der Waals surface area (Å²) in [5.74, 6) is 1.76. The minimum absolute atomic E-state index is 0.680. The fourth-order valence-electron chi connectivity index (χ4n) is 1.63. The van der Waals surface area contributed by atoms with E-state index in [4.69, 9.17) is 5.73 Å². The number of rotatable bonds is 3. The number of aromatic nitrogens is 4. The first-order valence-corrected chi connectivity index (χ1v) is 5.04. The maximum atomic E-state index is 5.86. The molecule has 6 heteroatoms. The monoisotopic (exact) mass is 220 g/mol. The van der Waals surface area contributed by atoms with Gasteiger partial charge in [0.05, 0.1) is 12.2 Å². The van der Waals surface area contributed by atoms with Crippen molar-refractivity contribution in [3.63, 3.8) is 0 Å². The van der Waals surface area contributed by atoms with Gasteiger partial charge in [-0.25, -0.2) is 4.98 Å². The number of nitrogen functional groups attached to an aromatic ring is 1.